The number of allylic oxidation sites excluding steroid dienone is 2. The second-order valence-corrected chi connectivity index (χ2v) is 5.18. The van der Waals surface area contributed by atoms with Crippen LogP contribution in [0.2, 0.25) is 0 Å². The van der Waals surface area contributed by atoms with E-state index in [0.29, 0.717) is 18.3 Å². The van der Waals surface area contributed by atoms with Gasteiger partial charge < -0.3 is 5.11 Å². The molecule has 1 saturated carbocycles. The van der Waals surface area contributed by atoms with Crippen molar-refractivity contribution < 1.29 is 9.90 Å². The van der Waals surface area contributed by atoms with E-state index in [9.17, 15) is 4.79 Å². The molecule has 84 valence electrons. The summed E-state index contributed by atoms with van der Waals surface area (Å²) in [6.07, 6.45) is 8.88. The van der Waals surface area contributed by atoms with Crippen LogP contribution in [0.25, 0.3) is 0 Å². The molecule has 0 aromatic rings. The van der Waals surface area contributed by atoms with Crippen molar-refractivity contribution in [3.63, 3.8) is 0 Å². The Balaban J connectivity index is 2.10. The molecule has 0 aliphatic heterocycles. The Morgan fingerprint density at radius 3 is 3.00 bits per heavy atom. The highest BCUT2D eigenvalue weighted by atomic mass is 16.4. The van der Waals surface area contributed by atoms with Gasteiger partial charge >= 0.3 is 5.97 Å². The summed E-state index contributed by atoms with van der Waals surface area (Å²) < 4.78 is 0. The molecule has 0 aromatic heterocycles. The molecule has 0 radical (unpaired) electrons. The minimum Gasteiger partial charge on any atom is -0.481 e. The highest BCUT2D eigenvalue weighted by molar-refractivity contribution is 5.67. The monoisotopic (exact) mass is 208 g/mol. The lowest BCUT2D eigenvalue weighted by molar-refractivity contribution is -0.138. The van der Waals surface area contributed by atoms with Crippen molar-refractivity contribution in [1.29, 1.82) is 0 Å². The second kappa shape index (κ2) is 4.38. The van der Waals surface area contributed by atoms with Crippen LogP contribution in [0.1, 0.15) is 45.4 Å². The van der Waals surface area contributed by atoms with Crippen LogP contribution in [0.5, 0.6) is 0 Å². The third-order valence-electron chi connectivity index (χ3n) is 4.06. The first-order valence-corrected chi connectivity index (χ1v) is 6.06. The first kappa shape index (κ1) is 10.7. The van der Waals surface area contributed by atoms with Gasteiger partial charge in [-0.25, -0.2) is 0 Å². The molecular formula is C13H20O2. The van der Waals surface area contributed by atoms with Crippen LogP contribution in [0, 0.1) is 17.8 Å². The molecule has 0 aromatic carbocycles. The van der Waals surface area contributed by atoms with Crippen molar-refractivity contribution in [3.05, 3.63) is 11.6 Å². The first-order chi connectivity index (χ1) is 7.16. The van der Waals surface area contributed by atoms with Crippen LogP contribution in [0.3, 0.4) is 0 Å². The Morgan fingerprint density at radius 2 is 2.27 bits per heavy atom. The number of carbonyl (C=O) groups is 1. The van der Waals surface area contributed by atoms with E-state index >= 15 is 0 Å². The SMILES string of the molecule is CC1=C[C@H]2C(CC(=O)O)CCC[C@@H]2CC1. The van der Waals surface area contributed by atoms with Gasteiger partial charge in [-0.2, -0.15) is 0 Å². The third kappa shape index (κ3) is 2.42. The highest BCUT2D eigenvalue weighted by Gasteiger charge is 2.34. The van der Waals surface area contributed by atoms with E-state index in [1.165, 1.54) is 31.3 Å². The van der Waals surface area contributed by atoms with E-state index in [1.807, 2.05) is 0 Å². The van der Waals surface area contributed by atoms with Crippen LogP contribution >= 0.6 is 0 Å². The van der Waals surface area contributed by atoms with Crippen molar-refractivity contribution >= 4 is 5.97 Å². The molecule has 1 N–H and O–H groups in total. The number of fused-ring (bicyclic) bond motifs is 1. The molecule has 0 amide bonds. The summed E-state index contributed by atoms with van der Waals surface area (Å²) in [5, 5.41) is 8.90. The minimum absolute atomic E-state index is 0.366. The Kier molecular flexibility index (Phi) is 3.13. The van der Waals surface area contributed by atoms with E-state index in [-0.39, 0.29) is 0 Å². The zero-order valence-corrected chi connectivity index (χ0v) is 9.41. The molecule has 2 heteroatoms. The van der Waals surface area contributed by atoms with Crippen LogP contribution in [0.15, 0.2) is 11.6 Å². The standard InChI is InChI=1S/C13H20O2/c1-9-5-6-10-3-2-4-11(8-13(14)15)12(10)7-9/h7,10-12H,2-6,8H2,1H3,(H,14,15)/t10-,11?,12-/m1/s1. The first-order valence-electron chi connectivity index (χ1n) is 6.06. The molecule has 2 aliphatic carbocycles. The molecule has 3 atom stereocenters. The highest BCUT2D eigenvalue weighted by Crippen LogP contribution is 2.43. The van der Waals surface area contributed by atoms with E-state index in [1.54, 1.807) is 0 Å². The number of carboxylic acid groups (broad SMARTS) is 1. The molecule has 1 fully saturated rings. The Labute approximate surface area is 91.4 Å². The average Bonchev–Trinajstić information content (AvgIpc) is 2.18. The van der Waals surface area contributed by atoms with E-state index in [0.717, 1.165) is 12.3 Å². The number of aliphatic carboxylic acids is 1. The summed E-state index contributed by atoms with van der Waals surface area (Å²) in [6.45, 7) is 2.18. The zero-order chi connectivity index (χ0) is 10.8. The van der Waals surface area contributed by atoms with Gasteiger partial charge in [0.15, 0.2) is 0 Å². The van der Waals surface area contributed by atoms with E-state index < -0.39 is 5.97 Å². The van der Waals surface area contributed by atoms with Crippen LogP contribution in [-0.4, -0.2) is 11.1 Å². The summed E-state index contributed by atoms with van der Waals surface area (Å²) in [4.78, 5) is 10.8. The Hall–Kier alpha value is -0.790. The van der Waals surface area contributed by atoms with Crippen LogP contribution < -0.4 is 0 Å². The van der Waals surface area contributed by atoms with Gasteiger partial charge in [-0.15, -0.1) is 0 Å². The van der Waals surface area contributed by atoms with Crippen LogP contribution in [0.4, 0.5) is 0 Å². The Morgan fingerprint density at radius 1 is 1.47 bits per heavy atom. The van der Waals surface area contributed by atoms with Gasteiger partial charge in [0, 0.05) is 6.42 Å². The molecular weight excluding hydrogens is 188 g/mol. The number of rotatable bonds is 2. The zero-order valence-electron chi connectivity index (χ0n) is 9.41. The maximum atomic E-state index is 10.8. The lowest BCUT2D eigenvalue weighted by atomic mass is 9.66. The summed E-state index contributed by atoms with van der Waals surface area (Å²) in [5.74, 6) is 1.10. The smallest absolute Gasteiger partial charge is 0.303 e. The molecule has 1 unspecified atom stereocenters. The van der Waals surface area contributed by atoms with Crippen molar-refractivity contribution in [2.75, 3.05) is 0 Å². The molecule has 15 heavy (non-hydrogen) atoms. The molecule has 0 heterocycles. The number of hydrogen-bond acceptors (Lipinski definition) is 1. The van der Waals surface area contributed by atoms with Gasteiger partial charge in [-0.1, -0.05) is 18.1 Å². The maximum absolute atomic E-state index is 10.8. The molecule has 2 rings (SSSR count). The van der Waals surface area contributed by atoms with Gasteiger partial charge in [-0.3, -0.25) is 4.79 Å². The fourth-order valence-electron chi connectivity index (χ4n) is 3.31. The fourth-order valence-corrected chi connectivity index (χ4v) is 3.31. The van der Waals surface area contributed by atoms with Crippen molar-refractivity contribution in [1.82, 2.24) is 0 Å². The number of carboxylic acids is 1. The van der Waals surface area contributed by atoms with Gasteiger partial charge in [0.25, 0.3) is 0 Å². The van der Waals surface area contributed by atoms with Crippen molar-refractivity contribution in [3.8, 4) is 0 Å². The van der Waals surface area contributed by atoms with E-state index in [2.05, 4.69) is 13.0 Å². The third-order valence-corrected chi connectivity index (χ3v) is 4.06. The lowest BCUT2D eigenvalue weighted by Crippen LogP contribution is -2.30. The van der Waals surface area contributed by atoms with Gasteiger partial charge in [0.05, 0.1) is 0 Å². The van der Waals surface area contributed by atoms with Crippen molar-refractivity contribution in [2.24, 2.45) is 17.8 Å². The molecule has 0 spiro atoms. The van der Waals surface area contributed by atoms with Crippen molar-refractivity contribution in [2.45, 2.75) is 45.4 Å². The second-order valence-electron chi connectivity index (χ2n) is 5.18. The predicted octanol–water partition coefficient (Wildman–Crippen LogP) is 3.23. The maximum Gasteiger partial charge on any atom is 0.303 e. The normalized spacial score (nSPS) is 35.5. The molecule has 0 bridgehead atoms. The quantitative estimate of drug-likeness (QED) is 0.707. The summed E-state index contributed by atoms with van der Waals surface area (Å²) in [7, 11) is 0. The molecule has 2 aliphatic rings. The van der Waals surface area contributed by atoms with Gasteiger partial charge in [0.2, 0.25) is 0 Å². The average molecular weight is 208 g/mol. The molecule has 0 saturated heterocycles. The van der Waals surface area contributed by atoms with Crippen LogP contribution in [-0.2, 0) is 4.79 Å². The lowest BCUT2D eigenvalue weighted by Gasteiger charge is -2.39. The Bertz CT molecular complexity index is 280. The summed E-state index contributed by atoms with van der Waals surface area (Å²) in [6, 6.07) is 0. The predicted molar refractivity (Wildman–Crippen MR) is 59.6 cm³/mol. The summed E-state index contributed by atoms with van der Waals surface area (Å²) in [5.41, 5.74) is 1.47. The topological polar surface area (TPSA) is 37.3 Å². The number of hydrogen-bond donors (Lipinski definition) is 1. The van der Waals surface area contributed by atoms with E-state index in [4.69, 9.17) is 5.11 Å². The minimum atomic E-state index is -0.628. The fraction of sp³-hybridized carbons (Fsp3) is 0.769. The molecule has 2 nitrogen and oxygen atoms in total. The van der Waals surface area contributed by atoms with Gasteiger partial charge in [-0.05, 0) is 50.4 Å². The van der Waals surface area contributed by atoms with Gasteiger partial charge in [0.1, 0.15) is 0 Å². The summed E-state index contributed by atoms with van der Waals surface area (Å²) >= 11 is 0. The largest absolute Gasteiger partial charge is 0.481 e.